The topological polar surface area (TPSA) is 62.0 Å². The van der Waals surface area contributed by atoms with Gasteiger partial charge in [0.2, 0.25) is 0 Å². The molecule has 0 saturated carbocycles. The van der Waals surface area contributed by atoms with Gasteiger partial charge in [0.1, 0.15) is 11.3 Å². The van der Waals surface area contributed by atoms with E-state index in [2.05, 4.69) is 33.5 Å². The number of nitrogens with one attached hydrogen (secondary N) is 2. The van der Waals surface area contributed by atoms with Gasteiger partial charge in [-0.05, 0) is 51.8 Å². The summed E-state index contributed by atoms with van der Waals surface area (Å²) in [7, 11) is 1.83. The number of likely N-dealkylation sites (tertiary alicyclic amines) is 1. The number of nitrogens with zero attached hydrogens (tertiary/aromatic N) is 2. The van der Waals surface area contributed by atoms with Crippen molar-refractivity contribution in [1.29, 1.82) is 0 Å². The number of hydrogen-bond donors (Lipinski definition) is 2. The van der Waals surface area contributed by atoms with Gasteiger partial charge >= 0.3 is 0 Å². The van der Waals surface area contributed by atoms with E-state index >= 15 is 0 Å². The Labute approximate surface area is 167 Å². The molecular formula is C22H32N4O2. The molecule has 2 aliphatic rings. The number of aryl methyl sites for hydroxylation is 1. The number of guanidine groups is 1. The van der Waals surface area contributed by atoms with Gasteiger partial charge < -0.3 is 19.8 Å². The first-order chi connectivity index (χ1) is 13.7. The number of hydrogen-bond acceptors (Lipinski definition) is 4. The number of fused-ring (bicyclic) bond motifs is 1. The highest BCUT2D eigenvalue weighted by Crippen LogP contribution is 2.30. The van der Waals surface area contributed by atoms with Gasteiger partial charge in [-0.1, -0.05) is 18.2 Å². The third kappa shape index (κ3) is 3.89. The number of aliphatic imine (C=N–C) groups is 1. The van der Waals surface area contributed by atoms with Crippen molar-refractivity contribution < 1.29 is 9.15 Å². The Hall–Kier alpha value is -2.05. The Morgan fingerprint density at radius 2 is 1.89 bits per heavy atom. The van der Waals surface area contributed by atoms with Crippen LogP contribution in [0.2, 0.25) is 0 Å². The van der Waals surface area contributed by atoms with Crippen LogP contribution in [0.15, 0.2) is 33.7 Å². The lowest BCUT2D eigenvalue weighted by Crippen LogP contribution is -2.58. The maximum Gasteiger partial charge on any atom is 0.191 e. The van der Waals surface area contributed by atoms with Gasteiger partial charge in [-0.15, -0.1) is 0 Å². The molecule has 0 bridgehead atoms. The molecule has 0 aliphatic carbocycles. The smallest absolute Gasteiger partial charge is 0.191 e. The van der Waals surface area contributed by atoms with Crippen LogP contribution in [0.3, 0.4) is 0 Å². The lowest BCUT2D eigenvalue weighted by Gasteiger charge is -2.45. The van der Waals surface area contributed by atoms with Crippen LogP contribution in [0.1, 0.15) is 37.0 Å². The van der Waals surface area contributed by atoms with E-state index in [1.807, 2.05) is 25.2 Å². The predicted octanol–water partition coefficient (Wildman–Crippen LogP) is 3.05. The zero-order valence-electron chi connectivity index (χ0n) is 17.1. The van der Waals surface area contributed by atoms with Crippen molar-refractivity contribution in [1.82, 2.24) is 15.5 Å². The van der Waals surface area contributed by atoms with Gasteiger partial charge in [0.05, 0.1) is 6.54 Å². The van der Waals surface area contributed by atoms with Crippen LogP contribution in [-0.4, -0.2) is 56.3 Å². The van der Waals surface area contributed by atoms with Crippen LogP contribution in [0.25, 0.3) is 11.0 Å². The molecule has 0 spiro atoms. The number of rotatable bonds is 5. The molecule has 152 valence electrons. The summed E-state index contributed by atoms with van der Waals surface area (Å²) in [5, 5.41) is 8.19. The zero-order valence-corrected chi connectivity index (χ0v) is 17.1. The first kappa shape index (κ1) is 19.3. The molecule has 1 aromatic heterocycles. The molecule has 0 atom stereocenters. The number of para-hydroxylation sites is 1. The van der Waals surface area contributed by atoms with Gasteiger partial charge in [0, 0.05) is 43.3 Å². The summed E-state index contributed by atoms with van der Waals surface area (Å²) < 4.78 is 11.7. The van der Waals surface area contributed by atoms with E-state index in [1.165, 1.54) is 36.9 Å². The third-order valence-electron chi connectivity index (χ3n) is 6.37. The van der Waals surface area contributed by atoms with E-state index in [0.29, 0.717) is 6.54 Å². The third-order valence-corrected chi connectivity index (χ3v) is 6.37. The van der Waals surface area contributed by atoms with E-state index in [4.69, 9.17) is 9.15 Å². The fraction of sp³-hybridized carbons (Fsp3) is 0.591. The molecule has 2 saturated heterocycles. The SMILES string of the molecule is CN=C(NCc1oc2ccccc2c1C)NCC1(N2CCCC2)CCOCC1. The summed E-state index contributed by atoms with van der Waals surface area (Å²) in [4.78, 5) is 7.10. The van der Waals surface area contributed by atoms with Gasteiger partial charge in [0.15, 0.2) is 5.96 Å². The number of ether oxygens (including phenoxy) is 1. The van der Waals surface area contributed by atoms with Crippen LogP contribution in [-0.2, 0) is 11.3 Å². The van der Waals surface area contributed by atoms with Crippen LogP contribution in [0.4, 0.5) is 0 Å². The molecule has 0 amide bonds. The van der Waals surface area contributed by atoms with Gasteiger partial charge in [-0.2, -0.15) is 0 Å². The highest BCUT2D eigenvalue weighted by Gasteiger charge is 2.39. The first-order valence-corrected chi connectivity index (χ1v) is 10.5. The Morgan fingerprint density at radius 1 is 1.14 bits per heavy atom. The molecule has 6 nitrogen and oxygen atoms in total. The molecule has 0 unspecified atom stereocenters. The van der Waals surface area contributed by atoms with E-state index in [-0.39, 0.29) is 5.54 Å². The van der Waals surface area contributed by atoms with Crippen molar-refractivity contribution in [2.24, 2.45) is 4.99 Å². The van der Waals surface area contributed by atoms with E-state index in [1.54, 1.807) is 0 Å². The van der Waals surface area contributed by atoms with Gasteiger partial charge in [0.25, 0.3) is 0 Å². The second-order valence-corrected chi connectivity index (χ2v) is 7.96. The average Bonchev–Trinajstić information content (AvgIpc) is 3.38. The minimum absolute atomic E-state index is 0.182. The molecule has 2 aromatic rings. The Kier molecular flexibility index (Phi) is 5.87. The second kappa shape index (κ2) is 8.53. The number of benzene rings is 1. The molecule has 1 aromatic carbocycles. The minimum atomic E-state index is 0.182. The summed E-state index contributed by atoms with van der Waals surface area (Å²) in [6.07, 6.45) is 4.78. The summed E-state index contributed by atoms with van der Waals surface area (Å²) in [6.45, 7) is 7.74. The summed E-state index contributed by atoms with van der Waals surface area (Å²) in [5.74, 6) is 1.79. The maximum absolute atomic E-state index is 6.02. The minimum Gasteiger partial charge on any atom is -0.459 e. The van der Waals surface area contributed by atoms with Crippen molar-refractivity contribution in [3.63, 3.8) is 0 Å². The fourth-order valence-electron chi connectivity index (χ4n) is 4.57. The summed E-state index contributed by atoms with van der Waals surface area (Å²) in [6, 6.07) is 8.18. The molecule has 2 fully saturated rings. The van der Waals surface area contributed by atoms with Gasteiger partial charge in [-0.25, -0.2) is 0 Å². The van der Waals surface area contributed by atoms with Crippen molar-refractivity contribution in [3.05, 3.63) is 35.6 Å². The van der Waals surface area contributed by atoms with Crippen LogP contribution >= 0.6 is 0 Å². The zero-order chi connectivity index (χ0) is 19.4. The Morgan fingerprint density at radius 3 is 2.61 bits per heavy atom. The highest BCUT2D eigenvalue weighted by atomic mass is 16.5. The fourth-order valence-corrected chi connectivity index (χ4v) is 4.57. The normalized spacial score (nSPS) is 20.6. The quantitative estimate of drug-likeness (QED) is 0.613. The van der Waals surface area contributed by atoms with Crippen molar-refractivity contribution in [2.75, 3.05) is 39.9 Å². The summed E-state index contributed by atoms with van der Waals surface area (Å²) in [5.41, 5.74) is 2.31. The molecule has 2 aliphatic heterocycles. The lowest BCUT2D eigenvalue weighted by molar-refractivity contribution is -0.0164. The monoisotopic (exact) mass is 384 g/mol. The standard InChI is InChI=1S/C22H32N4O2/c1-17-18-7-3-4-8-19(18)28-20(17)15-24-21(23-2)25-16-22(9-13-27-14-10-22)26-11-5-6-12-26/h3-4,7-8H,5-6,9-16H2,1-2H3,(H2,23,24,25). The molecule has 6 heteroatoms. The summed E-state index contributed by atoms with van der Waals surface area (Å²) >= 11 is 0. The van der Waals surface area contributed by atoms with Crippen LogP contribution in [0.5, 0.6) is 0 Å². The van der Waals surface area contributed by atoms with E-state index in [9.17, 15) is 0 Å². The van der Waals surface area contributed by atoms with Crippen molar-refractivity contribution >= 4 is 16.9 Å². The molecule has 4 rings (SSSR count). The largest absolute Gasteiger partial charge is 0.459 e. The maximum atomic E-state index is 6.02. The van der Waals surface area contributed by atoms with Gasteiger partial charge in [-0.3, -0.25) is 9.89 Å². The van der Waals surface area contributed by atoms with Crippen molar-refractivity contribution in [2.45, 2.75) is 44.7 Å². The average molecular weight is 385 g/mol. The van der Waals surface area contributed by atoms with Crippen molar-refractivity contribution in [3.8, 4) is 0 Å². The molecule has 28 heavy (non-hydrogen) atoms. The Bertz CT molecular complexity index is 817. The molecule has 0 radical (unpaired) electrons. The lowest BCUT2D eigenvalue weighted by atomic mass is 9.88. The molecular weight excluding hydrogens is 352 g/mol. The Balaban J connectivity index is 1.39. The molecule has 2 N–H and O–H groups in total. The van der Waals surface area contributed by atoms with E-state index < -0.39 is 0 Å². The number of furan rings is 1. The second-order valence-electron chi connectivity index (χ2n) is 7.96. The van der Waals surface area contributed by atoms with Crippen LogP contribution < -0.4 is 10.6 Å². The highest BCUT2D eigenvalue weighted by molar-refractivity contribution is 5.83. The molecule has 3 heterocycles. The van der Waals surface area contributed by atoms with E-state index in [0.717, 1.165) is 49.9 Å². The predicted molar refractivity (Wildman–Crippen MR) is 113 cm³/mol. The van der Waals surface area contributed by atoms with Crippen LogP contribution in [0, 0.1) is 6.92 Å². The first-order valence-electron chi connectivity index (χ1n) is 10.5.